The molecule has 0 N–H and O–H groups in total. The van der Waals surface area contributed by atoms with E-state index in [4.69, 9.17) is 0 Å². The summed E-state index contributed by atoms with van der Waals surface area (Å²) in [6, 6.07) is 46.5. The SMILES string of the molecule is c1ccc(P(c2ccccc2)N([C@H]2CCCC[C@@H]2CC2CCCCC2)P(c2ccccc2)c2ccccc2)cc1. The lowest BCUT2D eigenvalue weighted by Crippen LogP contribution is -2.44. The van der Waals surface area contributed by atoms with Crippen LogP contribution >= 0.6 is 16.1 Å². The second-order valence-corrected chi connectivity index (χ2v) is 16.1. The van der Waals surface area contributed by atoms with Crippen LogP contribution in [0, 0.1) is 11.8 Å². The van der Waals surface area contributed by atoms with Gasteiger partial charge in [0.25, 0.3) is 0 Å². The summed E-state index contributed by atoms with van der Waals surface area (Å²) in [4.78, 5) is 0. The standard InChI is InChI=1S/C37H43NP2/c1-6-18-31(19-7-1)30-32-20-16-17-29-37(32)38(39(33-21-8-2-9-22-33)34-23-10-3-11-24-34)40(35-25-12-4-13-26-35)36-27-14-5-15-28-36/h2-5,8-15,21-28,31-32,37H,1,6-7,16-20,29-30H2/t32-,37+/m1/s1. The molecule has 0 aliphatic heterocycles. The normalized spacial score (nSPS) is 20.3. The Balaban J connectivity index is 1.52. The molecule has 2 aliphatic rings. The molecule has 6 rings (SSSR count). The van der Waals surface area contributed by atoms with E-state index in [1.54, 1.807) is 0 Å². The zero-order valence-corrected chi connectivity index (χ0v) is 25.5. The molecule has 40 heavy (non-hydrogen) atoms. The molecule has 206 valence electrons. The molecule has 2 aliphatic carbocycles. The summed E-state index contributed by atoms with van der Waals surface area (Å²) in [5.41, 5.74) is 0. The van der Waals surface area contributed by atoms with Crippen molar-refractivity contribution in [2.75, 3.05) is 0 Å². The number of benzene rings is 4. The minimum Gasteiger partial charge on any atom is -0.241 e. The number of hydrogen-bond acceptors (Lipinski definition) is 1. The van der Waals surface area contributed by atoms with Gasteiger partial charge in [-0.05, 0) is 52.3 Å². The lowest BCUT2D eigenvalue weighted by atomic mass is 9.75. The van der Waals surface area contributed by atoms with Gasteiger partial charge in [-0.1, -0.05) is 166 Å². The van der Waals surface area contributed by atoms with Gasteiger partial charge >= 0.3 is 0 Å². The topological polar surface area (TPSA) is 3.24 Å². The molecular formula is C37H43NP2. The van der Waals surface area contributed by atoms with E-state index in [9.17, 15) is 0 Å². The Labute approximate surface area is 244 Å². The van der Waals surface area contributed by atoms with E-state index in [1.165, 1.54) is 85.4 Å². The van der Waals surface area contributed by atoms with Crippen LogP contribution in [0.25, 0.3) is 0 Å². The molecule has 0 radical (unpaired) electrons. The van der Waals surface area contributed by atoms with Crippen molar-refractivity contribution in [3.8, 4) is 0 Å². The second kappa shape index (κ2) is 14.0. The maximum absolute atomic E-state index is 3.10. The molecular weight excluding hydrogens is 520 g/mol. The first-order valence-corrected chi connectivity index (χ1v) is 18.1. The van der Waals surface area contributed by atoms with Crippen LogP contribution in [0.4, 0.5) is 0 Å². The van der Waals surface area contributed by atoms with Gasteiger partial charge in [0.2, 0.25) is 0 Å². The molecule has 4 aromatic carbocycles. The first-order valence-electron chi connectivity index (χ1n) is 15.5. The number of hydrogen-bond donors (Lipinski definition) is 0. The van der Waals surface area contributed by atoms with Gasteiger partial charge in [-0.2, -0.15) is 0 Å². The summed E-state index contributed by atoms with van der Waals surface area (Å²) in [5.74, 6) is 1.69. The predicted octanol–water partition coefficient (Wildman–Crippen LogP) is 8.91. The molecule has 0 aromatic heterocycles. The molecule has 0 amide bonds. The monoisotopic (exact) mass is 563 g/mol. The highest BCUT2D eigenvalue weighted by Gasteiger charge is 2.41. The van der Waals surface area contributed by atoms with Crippen LogP contribution in [-0.4, -0.2) is 10.5 Å². The Hall–Kier alpha value is -2.30. The minimum atomic E-state index is -0.711. The maximum Gasteiger partial charge on any atom is 0.0325 e. The van der Waals surface area contributed by atoms with Gasteiger partial charge in [-0.15, -0.1) is 0 Å². The average molecular weight is 564 g/mol. The largest absolute Gasteiger partial charge is 0.241 e. The molecule has 2 fully saturated rings. The van der Waals surface area contributed by atoms with Gasteiger partial charge in [0.05, 0.1) is 0 Å². The van der Waals surface area contributed by atoms with Crippen molar-refractivity contribution in [2.24, 2.45) is 11.8 Å². The van der Waals surface area contributed by atoms with E-state index in [0.717, 1.165) is 11.8 Å². The molecule has 1 nitrogen and oxygen atoms in total. The van der Waals surface area contributed by atoms with Crippen molar-refractivity contribution >= 4 is 37.4 Å². The lowest BCUT2D eigenvalue weighted by Gasteiger charge is -2.49. The first-order chi connectivity index (χ1) is 19.9. The summed E-state index contributed by atoms with van der Waals surface area (Å²) in [5, 5.41) is 5.91. The molecule has 0 spiro atoms. The smallest absolute Gasteiger partial charge is 0.0325 e. The summed E-state index contributed by atoms with van der Waals surface area (Å²) in [6.07, 6.45) is 14.1. The van der Waals surface area contributed by atoms with Crippen molar-refractivity contribution in [2.45, 2.75) is 70.3 Å². The van der Waals surface area contributed by atoms with Crippen molar-refractivity contribution in [3.63, 3.8) is 0 Å². The Morgan fingerprint density at radius 3 is 1.25 bits per heavy atom. The van der Waals surface area contributed by atoms with Gasteiger partial charge in [-0.3, -0.25) is 0 Å². The lowest BCUT2D eigenvalue weighted by molar-refractivity contribution is 0.185. The third-order valence-electron chi connectivity index (χ3n) is 8.94. The third-order valence-corrected chi connectivity index (χ3v) is 14.6. The fraction of sp³-hybridized carbons (Fsp3) is 0.351. The van der Waals surface area contributed by atoms with Crippen molar-refractivity contribution in [1.29, 1.82) is 0 Å². The van der Waals surface area contributed by atoms with Crippen LogP contribution in [0.15, 0.2) is 121 Å². The first kappa shape index (κ1) is 27.8. The highest BCUT2D eigenvalue weighted by Crippen LogP contribution is 2.59. The molecule has 0 saturated heterocycles. The average Bonchev–Trinajstić information content (AvgIpc) is 3.04. The van der Waals surface area contributed by atoms with Crippen LogP contribution in [-0.2, 0) is 0 Å². The molecule has 0 bridgehead atoms. The van der Waals surface area contributed by atoms with E-state index < -0.39 is 16.1 Å². The van der Waals surface area contributed by atoms with E-state index in [-0.39, 0.29) is 0 Å². The highest BCUT2D eigenvalue weighted by molar-refractivity contribution is 7.84. The highest BCUT2D eigenvalue weighted by atomic mass is 31.2. The quantitative estimate of drug-likeness (QED) is 0.184. The van der Waals surface area contributed by atoms with E-state index in [1.807, 2.05) is 0 Å². The Morgan fingerprint density at radius 1 is 0.450 bits per heavy atom. The zero-order valence-electron chi connectivity index (χ0n) is 23.7. The predicted molar refractivity (Wildman–Crippen MR) is 177 cm³/mol. The summed E-state index contributed by atoms with van der Waals surface area (Å²) in [7, 11) is -1.42. The van der Waals surface area contributed by atoms with Crippen LogP contribution in [0.3, 0.4) is 0 Å². The third kappa shape index (κ3) is 6.60. The van der Waals surface area contributed by atoms with Gasteiger partial charge in [0.1, 0.15) is 0 Å². The van der Waals surface area contributed by atoms with Gasteiger partial charge in [0.15, 0.2) is 0 Å². The number of nitrogens with zero attached hydrogens (tertiary/aromatic N) is 1. The van der Waals surface area contributed by atoms with Crippen molar-refractivity contribution in [3.05, 3.63) is 121 Å². The second-order valence-electron chi connectivity index (χ2n) is 11.6. The summed E-state index contributed by atoms with van der Waals surface area (Å²) >= 11 is 0. The Kier molecular flexibility index (Phi) is 9.78. The fourth-order valence-corrected chi connectivity index (χ4v) is 13.6. The van der Waals surface area contributed by atoms with Gasteiger partial charge in [-0.25, -0.2) is 4.44 Å². The van der Waals surface area contributed by atoms with E-state index in [0.29, 0.717) is 6.04 Å². The Morgan fingerprint density at radius 2 is 0.825 bits per heavy atom. The molecule has 0 unspecified atom stereocenters. The van der Waals surface area contributed by atoms with Crippen LogP contribution in [0.2, 0.25) is 0 Å². The summed E-state index contributed by atoms with van der Waals surface area (Å²) in [6.45, 7) is 0. The number of rotatable bonds is 9. The van der Waals surface area contributed by atoms with Crippen molar-refractivity contribution in [1.82, 2.24) is 4.44 Å². The molecule has 2 saturated carbocycles. The van der Waals surface area contributed by atoms with E-state index in [2.05, 4.69) is 126 Å². The fourth-order valence-electron chi connectivity index (χ4n) is 7.05. The molecule has 2 atom stereocenters. The Bertz CT molecular complexity index is 1110. The molecule has 0 heterocycles. The maximum atomic E-state index is 3.10. The molecule has 3 heteroatoms. The van der Waals surface area contributed by atoms with Crippen LogP contribution < -0.4 is 21.2 Å². The van der Waals surface area contributed by atoms with Gasteiger partial charge in [0, 0.05) is 22.2 Å². The van der Waals surface area contributed by atoms with Gasteiger partial charge < -0.3 is 0 Å². The molecule has 4 aromatic rings. The minimum absolute atomic E-state index is 0.591. The van der Waals surface area contributed by atoms with Crippen LogP contribution in [0.1, 0.15) is 64.2 Å². The van der Waals surface area contributed by atoms with Crippen molar-refractivity contribution < 1.29 is 0 Å². The zero-order chi connectivity index (χ0) is 27.0. The summed E-state index contributed by atoms with van der Waals surface area (Å²) < 4.78 is 3.10. The van der Waals surface area contributed by atoms with Crippen LogP contribution in [0.5, 0.6) is 0 Å². The van der Waals surface area contributed by atoms with E-state index >= 15 is 0 Å².